The highest BCUT2D eigenvalue weighted by atomic mass is 19.2. The zero-order chi connectivity index (χ0) is 14.8. The number of hydrogen-bond acceptors (Lipinski definition) is 3. The van der Waals surface area contributed by atoms with Crippen LogP contribution < -0.4 is 5.32 Å². The molecule has 1 saturated heterocycles. The van der Waals surface area contributed by atoms with Gasteiger partial charge in [-0.2, -0.15) is 0 Å². The summed E-state index contributed by atoms with van der Waals surface area (Å²) in [6, 6.07) is 3.78. The fourth-order valence-corrected chi connectivity index (χ4v) is 2.48. The van der Waals surface area contributed by atoms with Gasteiger partial charge in [0.1, 0.15) is 5.60 Å². The lowest BCUT2D eigenvalue weighted by Crippen LogP contribution is -2.43. The second-order valence-corrected chi connectivity index (χ2v) is 5.80. The van der Waals surface area contributed by atoms with Crippen molar-refractivity contribution in [3.8, 4) is 0 Å². The molecule has 1 aromatic carbocycles. The molecule has 1 heterocycles. The minimum absolute atomic E-state index is 0.144. The van der Waals surface area contributed by atoms with Crippen molar-refractivity contribution in [3.05, 3.63) is 35.4 Å². The Morgan fingerprint density at radius 2 is 2.10 bits per heavy atom. The van der Waals surface area contributed by atoms with Crippen molar-refractivity contribution in [2.75, 3.05) is 19.8 Å². The van der Waals surface area contributed by atoms with Crippen molar-refractivity contribution in [1.29, 1.82) is 0 Å². The number of nitrogens with one attached hydrogen (secondary N) is 1. The monoisotopic (exact) mass is 285 g/mol. The summed E-state index contributed by atoms with van der Waals surface area (Å²) in [5.74, 6) is -1.51. The average molecular weight is 285 g/mol. The SMILES string of the molecule is CC(C)[C@@H](NC[C@@]1(O)CCOC1)c1ccc(F)c(F)c1. The molecule has 0 aliphatic carbocycles. The van der Waals surface area contributed by atoms with E-state index in [0.29, 0.717) is 31.7 Å². The van der Waals surface area contributed by atoms with Crippen molar-refractivity contribution in [3.63, 3.8) is 0 Å². The van der Waals surface area contributed by atoms with Crippen LogP contribution in [-0.4, -0.2) is 30.5 Å². The number of ether oxygens (including phenoxy) is 1. The number of hydrogen-bond donors (Lipinski definition) is 2. The summed E-state index contributed by atoms with van der Waals surface area (Å²) in [7, 11) is 0. The molecule has 1 aliphatic rings. The third-order valence-electron chi connectivity index (χ3n) is 3.70. The van der Waals surface area contributed by atoms with Gasteiger partial charge in [-0.05, 0) is 23.6 Å². The van der Waals surface area contributed by atoms with E-state index in [9.17, 15) is 13.9 Å². The van der Waals surface area contributed by atoms with E-state index in [1.807, 2.05) is 13.8 Å². The molecule has 20 heavy (non-hydrogen) atoms. The van der Waals surface area contributed by atoms with Gasteiger partial charge in [-0.3, -0.25) is 0 Å². The third kappa shape index (κ3) is 3.53. The fraction of sp³-hybridized carbons (Fsp3) is 0.600. The lowest BCUT2D eigenvalue weighted by molar-refractivity contribution is 0.0234. The van der Waals surface area contributed by atoms with Gasteiger partial charge in [0, 0.05) is 25.6 Å². The van der Waals surface area contributed by atoms with Crippen LogP contribution in [0.2, 0.25) is 0 Å². The normalized spacial score (nSPS) is 24.3. The molecule has 112 valence electrons. The standard InChI is InChI=1S/C15H21F2NO2/c1-10(2)14(11-3-4-12(16)13(17)7-11)18-8-15(19)5-6-20-9-15/h3-4,7,10,14,18-19H,5-6,8-9H2,1-2H3/t14-,15+/m1/s1. The van der Waals surface area contributed by atoms with Gasteiger partial charge in [-0.1, -0.05) is 19.9 Å². The third-order valence-corrected chi connectivity index (χ3v) is 3.70. The summed E-state index contributed by atoms with van der Waals surface area (Å²) in [6.45, 7) is 5.22. The predicted molar refractivity (Wildman–Crippen MR) is 72.3 cm³/mol. The molecule has 0 bridgehead atoms. The molecule has 2 rings (SSSR count). The van der Waals surface area contributed by atoms with Gasteiger partial charge in [0.25, 0.3) is 0 Å². The number of rotatable bonds is 5. The predicted octanol–water partition coefficient (Wildman–Crippen LogP) is 2.40. The Morgan fingerprint density at radius 1 is 1.35 bits per heavy atom. The first-order valence-corrected chi connectivity index (χ1v) is 6.90. The largest absolute Gasteiger partial charge is 0.386 e. The molecule has 0 amide bonds. The van der Waals surface area contributed by atoms with Crippen LogP contribution in [0.1, 0.15) is 31.9 Å². The Hall–Kier alpha value is -1.04. The maximum atomic E-state index is 13.3. The number of halogens is 2. The molecule has 0 aromatic heterocycles. The molecule has 0 radical (unpaired) electrons. The number of benzene rings is 1. The van der Waals surface area contributed by atoms with Crippen LogP contribution >= 0.6 is 0 Å². The maximum absolute atomic E-state index is 13.3. The zero-order valence-electron chi connectivity index (χ0n) is 11.8. The van der Waals surface area contributed by atoms with E-state index in [-0.39, 0.29) is 12.0 Å². The molecule has 2 atom stereocenters. The summed E-state index contributed by atoms with van der Waals surface area (Å²) in [6.07, 6.45) is 0.586. The number of aliphatic hydroxyl groups is 1. The van der Waals surface area contributed by atoms with Gasteiger partial charge < -0.3 is 15.2 Å². The van der Waals surface area contributed by atoms with Crippen LogP contribution in [0, 0.1) is 17.6 Å². The molecule has 1 aromatic rings. The van der Waals surface area contributed by atoms with Crippen LogP contribution in [0.4, 0.5) is 8.78 Å². The molecule has 0 spiro atoms. The summed E-state index contributed by atoms with van der Waals surface area (Å²) in [5, 5.41) is 13.5. The first-order chi connectivity index (χ1) is 9.41. The first kappa shape index (κ1) is 15.4. The minimum atomic E-state index is -0.869. The first-order valence-electron chi connectivity index (χ1n) is 6.90. The average Bonchev–Trinajstić information content (AvgIpc) is 2.80. The van der Waals surface area contributed by atoms with Crippen molar-refractivity contribution >= 4 is 0 Å². The van der Waals surface area contributed by atoms with Crippen LogP contribution in [0.5, 0.6) is 0 Å². The highest BCUT2D eigenvalue weighted by Gasteiger charge is 2.33. The molecule has 0 unspecified atom stereocenters. The van der Waals surface area contributed by atoms with Gasteiger partial charge in [-0.25, -0.2) is 8.78 Å². The van der Waals surface area contributed by atoms with Gasteiger partial charge >= 0.3 is 0 Å². The molecular formula is C15H21F2NO2. The molecule has 1 aliphatic heterocycles. The van der Waals surface area contributed by atoms with Crippen LogP contribution in [0.25, 0.3) is 0 Å². The van der Waals surface area contributed by atoms with Gasteiger partial charge in [0.2, 0.25) is 0 Å². The van der Waals surface area contributed by atoms with E-state index in [1.54, 1.807) is 6.07 Å². The van der Waals surface area contributed by atoms with E-state index in [0.717, 1.165) is 6.07 Å². The molecule has 5 heteroatoms. The second kappa shape index (κ2) is 6.16. The van der Waals surface area contributed by atoms with Gasteiger partial charge in [-0.15, -0.1) is 0 Å². The maximum Gasteiger partial charge on any atom is 0.159 e. The van der Waals surface area contributed by atoms with Gasteiger partial charge in [0.05, 0.1) is 6.61 Å². The van der Waals surface area contributed by atoms with Crippen molar-refractivity contribution in [2.24, 2.45) is 5.92 Å². The van der Waals surface area contributed by atoms with E-state index >= 15 is 0 Å². The Kier molecular flexibility index (Phi) is 4.73. The van der Waals surface area contributed by atoms with Crippen molar-refractivity contribution < 1.29 is 18.6 Å². The molecular weight excluding hydrogens is 264 g/mol. The van der Waals surface area contributed by atoms with E-state index in [4.69, 9.17) is 4.74 Å². The minimum Gasteiger partial charge on any atom is -0.386 e. The van der Waals surface area contributed by atoms with Crippen LogP contribution in [-0.2, 0) is 4.74 Å². The highest BCUT2D eigenvalue weighted by Crippen LogP contribution is 2.25. The summed E-state index contributed by atoms with van der Waals surface area (Å²) < 4.78 is 31.5. The second-order valence-electron chi connectivity index (χ2n) is 5.80. The van der Waals surface area contributed by atoms with Crippen LogP contribution in [0.3, 0.4) is 0 Å². The lowest BCUT2D eigenvalue weighted by Gasteiger charge is -2.28. The molecule has 1 fully saturated rings. The van der Waals surface area contributed by atoms with Crippen molar-refractivity contribution in [1.82, 2.24) is 5.32 Å². The van der Waals surface area contributed by atoms with Crippen LogP contribution in [0.15, 0.2) is 18.2 Å². The zero-order valence-corrected chi connectivity index (χ0v) is 11.8. The molecule has 3 nitrogen and oxygen atoms in total. The lowest BCUT2D eigenvalue weighted by atomic mass is 9.94. The fourth-order valence-electron chi connectivity index (χ4n) is 2.48. The van der Waals surface area contributed by atoms with E-state index < -0.39 is 17.2 Å². The Bertz CT molecular complexity index is 459. The Balaban J connectivity index is 2.08. The quantitative estimate of drug-likeness (QED) is 0.873. The van der Waals surface area contributed by atoms with Crippen molar-refractivity contribution in [2.45, 2.75) is 31.9 Å². The Labute approximate surface area is 117 Å². The van der Waals surface area contributed by atoms with E-state index in [2.05, 4.69) is 5.32 Å². The highest BCUT2D eigenvalue weighted by molar-refractivity contribution is 5.22. The topological polar surface area (TPSA) is 41.5 Å². The Morgan fingerprint density at radius 3 is 2.65 bits per heavy atom. The van der Waals surface area contributed by atoms with Gasteiger partial charge in [0.15, 0.2) is 11.6 Å². The smallest absolute Gasteiger partial charge is 0.159 e. The molecule has 0 saturated carbocycles. The van der Waals surface area contributed by atoms with E-state index in [1.165, 1.54) is 6.07 Å². The summed E-state index contributed by atoms with van der Waals surface area (Å²) in [5.41, 5.74) is -0.187. The molecule has 2 N–H and O–H groups in total. The summed E-state index contributed by atoms with van der Waals surface area (Å²) in [4.78, 5) is 0. The summed E-state index contributed by atoms with van der Waals surface area (Å²) >= 11 is 0.